The van der Waals surface area contributed by atoms with Gasteiger partial charge in [-0.1, -0.05) is 97.1 Å². The molecule has 1 N–H and O–H groups in total. The molecule has 0 aliphatic carbocycles. The van der Waals surface area contributed by atoms with Crippen LogP contribution in [0.2, 0.25) is 0 Å². The molecule has 4 aromatic rings. The van der Waals surface area contributed by atoms with Crippen LogP contribution in [0.1, 0.15) is 34.4 Å². The van der Waals surface area contributed by atoms with Crippen molar-refractivity contribution in [3.05, 3.63) is 155 Å². The number of fused-ring (bicyclic) bond motifs is 2. The molecule has 2 unspecified atom stereocenters. The monoisotopic (exact) mass is 635 g/mol. The Labute approximate surface area is 270 Å². The van der Waals surface area contributed by atoms with Gasteiger partial charge in [-0.25, -0.2) is 8.78 Å². The van der Waals surface area contributed by atoms with E-state index in [0.29, 0.717) is 0 Å². The lowest BCUT2D eigenvalue weighted by molar-refractivity contribution is -0.167. The summed E-state index contributed by atoms with van der Waals surface area (Å²) in [6.07, 6.45) is -1.11. The molecule has 2 fully saturated rings. The number of nitrogens with zero attached hydrogens (tertiary/aromatic N) is 2. The van der Waals surface area contributed by atoms with Gasteiger partial charge in [0.15, 0.2) is 12.3 Å². The molecular formula is C37H31F2N3O5. The van der Waals surface area contributed by atoms with Crippen molar-refractivity contribution in [3.8, 4) is 0 Å². The minimum atomic E-state index is -1.32. The zero-order chi connectivity index (χ0) is 32.5. The van der Waals surface area contributed by atoms with Crippen LogP contribution in [0.4, 0.5) is 8.78 Å². The number of ketones is 1. The third-order valence-corrected chi connectivity index (χ3v) is 8.78. The van der Waals surface area contributed by atoms with Crippen LogP contribution in [0.25, 0.3) is 0 Å². The van der Waals surface area contributed by atoms with E-state index in [0.717, 1.165) is 28.8 Å². The van der Waals surface area contributed by atoms with Crippen molar-refractivity contribution in [1.82, 2.24) is 15.1 Å². The summed E-state index contributed by atoms with van der Waals surface area (Å²) >= 11 is 0. The molecule has 0 bridgehead atoms. The number of nitrogens with one attached hydrogen (secondary N) is 1. The maximum atomic E-state index is 14.6. The van der Waals surface area contributed by atoms with Crippen molar-refractivity contribution in [2.45, 2.75) is 43.7 Å². The number of piperazine rings is 1. The van der Waals surface area contributed by atoms with Crippen molar-refractivity contribution in [2.75, 3.05) is 6.54 Å². The second-order valence-electron chi connectivity index (χ2n) is 11.7. The zero-order valence-corrected chi connectivity index (χ0v) is 25.2. The van der Waals surface area contributed by atoms with Crippen LogP contribution < -0.4 is 5.32 Å². The van der Waals surface area contributed by atoms with Crippen LogP contribution in [0.15, 0.2) is 121 Å². The normalized spacial score (nSPS) is 23.6. The Morgan fingerprint density at radius 3 is 2.19 bits per heavy atom. The first-order valence-electron chi connectivity index (χ1n) is 15.4. The van der Waals surface area contributed by atoms with Crippen molar-refractivity contribution in [1.29, 1.82) is 0 Å². The average molecular weight is 636 g/mol. The molecule has 2 amide bonds. The number of amides is 2. The molecule has 238 valence electrons. The van der Waals surface area contributed by atoms with Gasteiger partial charge in [0.25, 0.3) is 11.8 Å². The Bertz CT molecular complexity index is 1820. The minimum Gasteiger partial charge on any atom is -0.363 e. The van der Waals surface area contributed by atoms with Crippen LogP contribution in [-0.4, -0.2) is 52.3 Å². The summed E-state index contributed by atoms with van der Waals surface area (Å²) in [7, 11) is 0. The minimum absolute atomic E-state index is 0.0270. The van der Waals surface area contributed by atoms with Gasteiger partial charge in [0.1, 0.15) is 29.4 Å². The van der Waals surface area contributed by atoms with E-state index in [1.54, 1.807) is 9.80 Å². The van der Waals surface area contributed by atoms with E-state index in [1.807, 2.05) is 91.0 Å². The van der Waals surface area contributed by atoms with E-state index in [4.69, 9.17) is 9.47 Å². The average Bonchev–Trinajstić information content (AvgIpc) is 3.48. The van der Waals surface area contributed by atoms with E-state index >= 15 is 0 Å². The van der Waals surface area contributed by atoms with E-state index < -0.39 is 53.8 Å². The molecule has 4 aromatic carbocycles. The Hall–Kier alpha value is -5.19. The largest absolute Gasteiger partial charge is 0.363 e. The number of benzene rings is 4. The molecule has 8 nitrogen and oxygen atoms in total. The first-order valence-corrected chi connectivity index (χ1v) is 15.4. The molecule has 5 atom stereocenters. The van der Waals surface area contributed by atoms with Crippen LogP contribution in [-0.2, 0) is 37.0 Å². The number of rotatable bonds is 8. The molecular weight excluding hydrogens is 604 g/mol. The van der Waals surface area contributed by atoms with Crippen molar-refractivity contribution >= 4 is 17.6 Å². The quantitative estimate of drug-likeness (QED) is 0.275. The first-order chi connectivity index (χ1) is 22.9. The summed E-state index contributed by atoms with van der Waals surface area (Å²) < 4.78 is 40.5. The van der Waals surface area contributed by atoms with Gasteiger partial charge in [-0.05, 0) is 22.8 Å². The maximum Gasteiger partial charge on any atom is 0.256 e. The Morgan fingerprint density at radius 2 is 1.51 bits per heavy atom. The summed E-state index contributed by atoms with van der Waals surface area (Å²) in [5.41, 5.74) is 2.40. The fourth-order valence-electron chi connectivity index (χ4n) is 6.52. The van der Waals surface area contributed by atoms with Crippen molar-refractivity contribution in [2.24, 2.45) is 0 Å². The highest BCUT2D eigenvalue weighted by Gasteiger charge is 2.57. The highest BCUT2D eigenvalue weighted by Crippen LogP contribution is 2.48. The Morgan fingerprint density at radius 1 is 0.851 bits per heavy atom. The molecule has 10 heteroatoms. The summed E-state index contributed by atoms with van der Waals surface area (Å²) in [6, 6.07) is 30.0. The maximum absolute atomic E-state index is 14.6. The van der Waals surface area contributed by atoms with Gasteiger partial charge in [0.2, 0.25) is 5.78 Å². The second kappa shape index (κ2) is 12.9. The van der Waals surface area contributed by atoms with Crippen LogP contribution in [0.3, 0.4) is 0 Å². The van der Waals surface area contributed by atoms with Gasteiger partial charge in [-0.3, -0.25) is 14.4 Å². The predicted molar refractivity (Wildman–Crippen MR) is 167 cm³/mol. The molecule has 3 aliphatic rings. The number of halogens is 2. The molecule has 7 rings (SSSR count). The highest BCUT2D eigenvalue weighted by atomic mass is 19.1. The van der Waals surface area contributed by atoms with Gasteiger partial charge in [0, 0.05) is 24.4 Å². The lowest BCUT2D eigenvalue weighted by Gasteiger charge is -2.47. The van der Waals surface area contributed by atoms with Gasteiger partial charge in [-0.2, -0.15) is 0 Å². The fourth-order valence-corrected chi connectivity index (χ4v) is 6.52. The lowest BCUT2D eigenvalue weighted by atomic mass is 9.89. The van der Waals surface area contributed by atoms with E-state index in [1.165, 1.54) is 12.3 Å². The number of Topliss-reactive ketones (excluding diaryl/α,β-unsaturated/α-hetero) is 1. The molecule has 0 saturated carbocycles. The predicted octanol–water partition coefficient (Wildman–Crippen LogP) is 4.98. The highest BCUT2D eigenvalue weighted by molar-refractivity contribution is 6.22. The van der Waals surface area contributed by atoms with Gasteiger partial charge in [0.05, 0.1) is 19.2 Å². The topological polar surface area (TPSA) is 88.2 Å². The molecule has 0 radical (unpaired) electrons. The number of ether oxygens (including phenoxy) is 2. The van der Waals surface area contributed by atoms with E-state index in [9.17, 15) is 23.2 Å². The lowest BCUT2D eigenvalue weighted by Crippen LogP contribution is -2.66. The Kier molecular flexibility index (Phi) is 8.36. The molecule has 2 saturated heterocycles. The van der Waals surface area contributed by atoms with Crippen molar-refractivity contribution < 1.29 is 32.6 Å². The van der Waals surface area contributed by atoms with Crippen LogP contribution >= 0.6 is 0 Å². The molecule has 0 aromatic heterocycles. The van der Waals surface area contributed by atoms with E-state index in [2.05, 4.69) is 5.32 Å². The Balaban J connectivity index is 1.22. The number of carbonyl (C=O) groups is 3. The molecule has 47 heavy (non-hydrogen) atoms. The molecule has 3 heterocycles. The summed E-state index contributed by atoms with van der Waals surface area (Å²) in [5.74, 6) is -3.35. The van der Waals surface area contributed by atoms with Crippen LogP contribution in [0, 0.1) is 11.6 Å². The van der Waals surface area contributed by atoms with Crippen molar-refractivity contribution in [3.63, 3.8) is 0 Å². The van der Waals surface area contributed by atoms with Gasteiger partial charge in [-0.15, -0.1) is 0 Å². The number of hydrogen-bond acceptors (Lipinski definition) is 6. The smallest absolute Gasteiger partial charge is 0.256 e. The SMILES string of the molecule is O=C(NCc1ccc(F)cc1F)C1=CN2C[C@H]3O[C@@H](c4ccccc4)[C@@H](c4ccccc4)N3C(=O)C2C(OCc2ccccc2)C1=O. The number of carbonyl (C=O) groups excluding carboxylic acids is 3. The second-order valence-corrected chi connectivity index (χ2v) is 11.7. The van der Waals surface area contributed by atoms with E-state index in [-0.39, 0.29) is 36.7 Å². The summed E-state index contributed by atoms with van der Waals surface area (Å²) in [5, 5.41) is 2.56. The van der Waals surface area contributed by atoms with Crippen LogP contribution in [0.5, 0.6) is 0 Å². The third-order valence-electron chi connectivity index (χ3n) is 8.78. The zero-order valence-electron chi connectivity index (χ0n) is 25.2. The standard InChI is InChI=1S/C37H31F2N3O5/c38-27-17-16-26(29(39)18-27)19-40-36(44)28-20-41-21-30-42(37(45)32(41)35(33(28)43)46-22-23-10-4-1-5-11-23)31(24-12-6-2-7-13-24)34(47-30)25-14-8-3-9-15-25/h1-18,20,30-32,34-35H,19,21-22H2,(H,40,44)/t30-,31-,32?,34+,35?/m1/s1. The third kappa shape index (κ3) is 5.93. The molecule has 3 aliphatic heterocycles. The number of hydrogen-bond donors (Lipinski definition) is 1. The first kappa shape index (κ1) is 30.5. The molecule has 0 spiro atoms. The van der Waals surface area contributed by atoms with Gasteiger partial charge < -0.3 is 24.6 Å². The fraction of sp³-hybridized carbons (Fsp3) is 0.216. The van der Waals surface area contributed by atoms with Gasteiger partial charge >= 0.3 is 0 Å². The summed E-state index contributed by atoms with van der Waals surface area (Å²) in [6.45, 7) is -0.0748. The summed E-state index contributed by atoms with van der Waals surface area (Å²) in [4.78, 5) is 45.4.